The first-order chi connectivity index (χ1) is 12.2. The molecule has 0 radical (unpaired) electrons. The molecule has 0 saturated heterocycles. The number of pyridine rings is 1. The molecular formula is C20H16ClN3O. The van der Waals surface area contributed by atoms with Crippen molar-refractivity contribution in [3.8, 4) is 11.4 Å². The van der Waals surface area contributed by atoms with Crippen LogP contribution in [0, 0.1) is 6.92 Å². The summed E-state index contributed by atoms with van der Waals surface area (Å²) in [6.45, 7) is 2.45. The van der Waals surface area contributed by atoms with Crippen LogP contribution in [-0.2, 0) is 6.61 Å². The minimum Gasteiger partial charge on any atom is -0.407 e. The number of fused-ring (bicyclic) bond motifs is 1. The van der Waals surface area contributed by atoms with Gasteiger partial charge in [0.25, 0.3) is 0 Å². The van der Waals surface area contributed by atoms with Crippen LogP contribution < -0.4 is 4.84 Å². The van der Waals surface area contributed by atoms with E-state index in [2.05, 4.69) is 29.0 Å². The summed E-state index contributed by atoms with van der Waals surface area (Å²) >= 11 is 6.06. The molecule has 0 aliphatic heterocycles. The van der Waals surface area contributed by atoms with Crippen LogP contribution in [0.2, 0.25) is 5.02 Å². The highest BCUT2D eigenvalue weighted by Crippen LogP contribution is 2.23. The van der Waals surface area contributed by atoms with Gasteiger partial charge in [0.15, 0.2) is 11.5 Å². The van der Waals surface area contributed by atoms with E-state index in [0.29, 0.717) is 17.3 Å². The second kappa shape index (κ2) is 6.57. The summed E-state index contributed by atoms with van der Waals surface area (Å²) in [6.07, 6.45) is 1.73. The number of nitrogens with zero attached hydrogens (tertiary/aromatic N) is 3. The lowest BCUT2D eigenvalue weighted by Gasteiger charge is -2.11. The molecular weight excluding hydrogens is 334 g/mol. The first kappa shape index (κ1) is 15.7. The van der Waals surface area contributed by atoms with E-state index in [9.17, 15) is 0 Å². The molecule has 0 amide bonds. The Morgan fingerprint density at radius 3 is 2.68 bits per heavy atom. The van der Waals surface area contributed by atoms with Gasteiger partial charge in [-0.15, -0.1) is 0 Å². The lowest BCUT2D eigenvalue weighted by molar-refractivity contribution is 0.110. The number of aryl methyl sites for hydroxylation is 1. The van der Waals surface area contributed by atoms with Crippen LogP contribution in [0.5, 0.6) is 0 Å². The van der Waals surface area contributed by atoms with Gasteiger partial charge in [-0.05, 0) is 36.8 Å². The predicted octanol–water partition coefficient (Wildman–Crippen LogP) is 4.69. The first-order valence-corrected chi connectivity index (χ1v) is 8.37. The lowest BCUT2D eigenvalue weighted by Crippen LogP contribution is -2.12. The van der Waals surface area contributed by atoms with Gasteiger partial charge >= 0.3 is 0 Å². The SMILES string of the molecule is Cc1ccc(-c2nc3ncccc3n2OCc2cccc(Cl)c2)cc1. The summed E-state index contributed by atoms with van der Waals surface area (Å²) in [6, 6.07) is 19.7. The van der Waals surface area contributed by atoms with Crippen molar-refractivity contribution in [2.75, 3.05) is 0 Å². The lowest BCUT2D eigenvalue weighted by atomic mass is 10.1. The summed E-state index contributed by atoms with van der Waals surface area (Å²) < 4.78 is 1.74. The molecule has 0 N–H and O–H groups in total. The van der Waals surface area contributed by atoms with Crippen molar-refractivity contribution in [2.45, 2.75) is 13.5 Å². The number of hydrogen-bond donors (Lipinski definition) is 0. The van der Waals surface area contributed by atoms with Crippen molar-refractivity contribution in [3.05, 3.63) is 83.0 Å². The fourth-order valence-corrected chi connectivity index (χ4v) is 2.89. The van der Waals surface area contributed by atoms with Crippen LogP contribution in [0.15, 0.2) is 66.9 Å². The molecule has 0 saturated carbocycles. The maximum Gasteiger partial charge on any atom is 0.181 e. The quantitative estimate of drug-likeness (QED) is 0.536. The van der Waals surface area contributed by atoms with Crippen LogP contribution >= 0.6 is 11.6 Å². The number of benzene rings is 2. The van der Waals surface area contributed by atoms with Gasteiger partial charge in [0.2, 0.25) is 0 Å². The standard InChI is InChI=1S/C20H16ClN3O/c1-14-7-9-16(10-8-14)20-23-19-18(6-3-11-22-19)24(20)25-13-15-4-2-5-17(21)12-15/h2-12H,13H2,1H3. The zero-order valence-corrected chi connectivity index (χ0v) is 14.4. The van der Waals surface area contributed by atoms with Gasteiger partial charge in [-0.1, -0.05) is 53.6 Å². The van der Waals surface area contributed by atoms with E-state index in [0.717, 1.165) is 22.5 Å². The Morgan fingerprint density at radius 2 is 1.88 bits per heavy atom. The third kappa shape index (κ3) is 3.21. The maximum atomic E-state index is 6.07. The van der Waals surface area contributed by atoms with E-state index in [4.69, 9.17) is 16.4 Å². The molecule has 25 heavy (non-hydrogen) atoms. The van der Waals surface area contributed by atoms with E-state index < -0.39 is 0 Å². The molecule has 0 unspecified atom stereocenters. The second-order valence-corrected chi connectivity index (χ2v) is 6.28. The minimum atomic E-state index is 0.389. The topological polar surface area (TPSA) is 39.9 Å². The molecule has 5 heteroatoms. The van der Waals surface area contributed by atoms with Crippen molar-refractivity contribution in [3.63, 3.8) is 0 Å². The molecule has 0 atom stereocenters. The third-order valence-electron chi connectivity index (χ3n) is 3.95. The average molecular weight is 350 g/mol. The van der Waals surface area contributed by atoms with Crippen molar-refractivity contribution >= 4 is 22.8 Å². The largest absolute Gasteiger partial charge is 0.407 e. The fraction of sp³-hybridized carbons (Fsp3) is 0.100. The smallest absolute Gasteiger partial charge is 0.181 e. The van der Waals surface area contributed by atoms with Crippen molar-refractivity contribution in [1.29, 1.82) is 0 Å². The highest BCUT2D eigenvalue weighted by Gasteiger charge is 2.14. The zero-order chi connectivity index (χ0) is 17.2. The summed E-state index contributed by atoms with van der Waals surface area (Å²) in [5.41, 5.74) is 4.66. The molecule has 0 aliphatic carbocycles. The molecule has 4 rings (SSSR count). The molecule has 2 aromatic carbocycles. The number of hydrogen-bond acceptors (Lipinski definition) is 3. The van der Waals surface area contributed by atoms with Crippen molar-refractivity contribution in [1.82, 2.24) is 14.7 Å². The van der Waals surface area contributed by atoms with Gasteiger partial charge in [-0.2, -0.15) is 4.73 Å². The Bertz CT molecular complexity index is 1020. The van der Waals surface area contributed by atoms with E-state index in [-0.39, 0.29) is 0 Å². The number of aromatic nitrogens is 3. The second-order valence-electron chi connectivity index (χ2n) is 5.85. The van der Waals surface area contributed by atoms with Crippen LogP contribution in [0.3, 0.4) is 0 Å². The van der Waals surface area contributed by atoms with Crippen LogP contribution in [0.25, 0.3) is 22.6 Å². The zero-order valence-electron chi connectivity index (χ0n) is 13.7. The predicted molar refractivity (Wildman–Crippen MR) is 99.4 cm³/mol. The Kier molecular flexibility index (Phi) is 4.12. The molecule has 4 nitrogen and oxygen atoms in total. The fourth-order valence-electron chi connectivity index (χ4n) is 2.67. The molecule has 0 aliphatic rings. The third-order valence-corrected chi connectivity index (χ3v) is 4.18. The highest BCUT2D eigenvalue weighted by atomic mass is 35.5. The molecule has 0 fully saturated rings. The van der Waals surface area contributed by atoms with Gasteiger partial charge in [0.05, 0.1) is 0 Å². The molecule has 0 bridgehead atoms. The minimum absolute atomic E-state index is 0.389. The van der Waals surface area contributed by atoms with E-state index >= 15 is 0 Å². The number of imidazole rings is 1. The Morgan fingerprint density at radius 1 is 1.04 bits per heavy atom. The van der Waals surface area contributed by atoms with Crippen LogP contribution in [0.1, 0.15) is 11.1 Å². The van der Waals surface area contributed by atoms with E-state index in [1.807, 2.05) is 48.5 Å². The highest BCUT2D eigenvalue weighted by molar-refractivity contribution is 6.30. The summed E-state index contributed by atoms with van der Waals surface area (Å²) in [4.78, 5) is 15.1. The van der Waals surface area contributed by atoms with Gasteiger partial charge in [0.1, 0.15) is 12.1 Å². The summed E-state index contributed by atoms with van der Waals surface area (Å²) in [5, 5.41) is 0.692. The summed E-state index contributed by atoms with van der Waals surface area (Å²) in [7, 11) is 0. The number of rotatable bonds is 4. The van der Waals surface area contributed by atoms with E-state index in [1.54, 1.807) is 10.9 Å². The first-order valence-electron chi connectivity index (χ1n) is 7.99. The van der Waals surface area contributed by atoms with Crippen LogP contribution in [0.4, 0.5) is 0 Å². The van der Waals surface area contributed by atoms with Crippen molar-refractivity contribution < 1.29 is 4.84 Å². The van der Waals surface area contributed by atoms with E-state index in [1.165, 1.54) is 5.56 Å². The molecule has 4 aromatic rings. The molecule has 124 valence electrons. The Balaban J connectivity index is 1.75. The molecule has 2 heterocycles. The number of halogens is 1. The van der Waals surface area contributed by atoms with Gasteiger partial charge < -0.3 is 4.84 Å². The monoisotopic (exact) mass is 349 g/mol. The Labute approximate surface area is 150 Å². The maximum absolute atomic E-state index is 6.07. The average Bonchev–Trinajstić information content (AvgIpc) is 2.99. The normalized spacial score (nSPS) is 11.0. The summed E-state index contributed by atoms with van der Waals surface area (Å²) in [5.74, 6) is 0.732. The van der Waals surface area contributed by atoms with Gasteiger partial charge in [-0.3, -0.25) is 0 Å². The molecule has 0 spiro atoms. The molecule has 2 aromatic heterocycles. The van der Waals surface area contributed by atoms with Crippen molar-refractivity contribution in [2.24, 2.45) is 0 Å². The van der Waals surface area contributed by atoms with Gasteiger partial charge in [0, 0.05) is 16.8 Å². The Hall–Kier alpha value is -2.85. The van der Waals surface area contributed by atoms with Crippen LogP contribution in [-0.4, -0.2) is 14.7 Å². The van der Waals surface area contributed by atoms with Gasteiger partial charge in [-0.25, -0.2) is 9.97 Å².